The first kappa shape index (κ1) is 16.4. The van der Waals surface area contributed by atoms with Gasteiger partial charge in [-0.05, 0) is 31.2 Å². The lowest BCUT2D eigenvalue weighted by Gasteiger charge is -2.19. The molecule has 25 heavy (non-hydrogen) atoms. The minimum Gasteiger partial charge on any atom is -0.486 e. The molecule has 0 spiro atoms. The SMILES string of the molecule is Cc1nc(-c2ccc(S(=O)(=O)Nc3ccc4c(c3)OCCO4)s2)cs1. The molecule has 2 aromatic heterocycles. The number of thiazole rings is 1. The second kappa shape index (κ2) is 6.32. The number of hydrogen-bond donors (Lipinski definition) is 1. The van der Waals surface area contributed by atoms with Crippen LogP contribution in [0.2, 0.25) is 0 Å². The highest BCUT2D eigenvalue weighted by molar-refractivity contribution is 7.94. The van der Waals surface area contributed by atoms with Crippen LogP contribution in [0.5, 0.6) is 11.5 Å². The Bertz CT molecular complexity index is 1020. The van der Waals surface area contributed by atoms with E-state index in [0.717, 1.165) is 15.6 Å². The summed E-state index contributed by atoms with van der Waals surface area (Å²) >= 11 is 2.73. The molecule has 0 saturated heterocycles. The van der Waals surface area contributed by atoms with Crippen LogP contribution in [0.4, 0.5) is 5.69 Å². The lowest BCUT2D eigenvalue weighted by atomic mass is 10.3. The smallest absolute Gasteiger partial charge is 0.271 e. The fraction of sp³-hybridized carbons (Fsp3) is 0.188. The Morgan fingerprint density at radius 3 is 2.68 bits per heavy atom. The summed E-state index contributed by atoms with van der Waals surface area (Å²) in [7, 11) is -3.67. The number of anilines is 1. The quantitative estimate of drug-likeness (QED) is 0.729. The van der Waals surface area contributed by atoms with Gasteiger partial charge >= 0.3 is 0 Å². The molecule has 1 aliphatic rings. The van der Waals surface area contributed by atoms with Gasteiger partial charge in [0.15, 0.2) is 11.5 Å². The van der Waals surface area contributed by atoms with Gasteiger partial charge in [-0.2, -0.15) is 0 Å². The molecule has 0 aliphatic carbocycles. The normalized spacial score (nSPS) is 13.6. The van der Waals surface area contributed by atoms with Gasteiger partial charge in [0.1, 0.15) is 17.4 Å². The monoisotopic (exact) mass is 394 g/mol. The first-order valence-electron chi connectivity index (χ1n) is 7.46. The maximum Gasteiger partial charge on any atom is 0.271 e. The van der Waals surface area contributed by atoms with Crippen LogP contribution in [0.3, 0.4) is 0 Å². The van der Waals surface area contributed by atoms with Crippen molar-refractivity contribution in [1.29, 1.82) is 0 Å². The van der Waals surface area contributed by atoms with E-state index >= 15 is 0 Å². The highest BCUT2D eigenvalue weighted by Crippen LogP contribution is 2.35. The van der Waals surface area contributed by atoms with Gasteiger partial charge in [0.2, 0.25) is 0 Å². The summed E-state index contributed by atoms with van der Waals surface area (Å²) < 4.78 is 39.0. The van der Waals surface area contributed by atoms with Crippen molar-refractivity contribution in [2.24, 2.45) is 0 Å². The number of hydrogen-bond acceptors (Lipinski definition) is 7. The molecule has 130 valence electrons. The fourth-order valence-electron chi connectivity index (χ4n) is 2.39. The minimum atomic E-state index is -3.67. The predicted octanol–water partition coefficient (Wildman–Crippen LogP) is 3.75. The van der Waals surface area contributed by atoms with E-state index in [1.165, 1.54) is 22.7 Å². The van der Waals surface area contributed by atoms with Crippen molar-refractivity contribution in [3.05, 3.63) is 40.7 Å². The summed E-state index contributed by atoms with van der Waals surface area (Å²) in [5, 5.41) is 2.87. The fourth-order valence-corrected chi connectivity index (χ4v) is 5.39. The Hall–Kier alpha value is -2.10. The Labute approximate surface area is 153 Å². The third kappa shape index (κ3) is 3.35. The van der Waals surface area contributed by atoms with Crippen molar-refractivity contribution in [3.8, 4) is 22.1 Å². The third-order valence-electron chi connectivity index (χ3n) is 3.51. The number of benzene rings is 1. The minimum absolute atomic E-state index is 0.239. The van der Waals surface area contributed by atoms with E-state index in [0.29, 0.717) is 30.4 Å². The molecule has 3 heterocycles. The highest BCUT2D eigenvalue weighted by Gasteiger charge is 2.20. The standard InChI is InChI=1S/C16H14N2O4S3/c1-10-17-12(9-23-10)15-4-5-16(24-15)25(19,20)18-11-2-3-13-14(8-11)22-7-6-21-13/h2-5,8-9,18H,6-7H2,1H3. The van der Waals surface area contributed by atoms with Crippen molar-refractivity contribution in [2.75, 3.05) is 17.9 Å². The van der Waals surface area contributed by atoms with Gasteiger partial charge in [-0.1, -0.05) is 0 Å². The van der Waals surface area contributed by atoms with Crippen molar-refractivity contribution >= 4 is 38.4 Å². The van der Waals surface area contributed by atoms with Crippen molar-refractivity contribution in [2.45, 2.75) is 11.1 Å². The van der Waals surface area contributed by atoms with Gasteiger partial charge in [0.25, 0.3) is 10.0 Å². The first-order valence-corrected chi connectivity index (χ1v) is 10.6. The Kier molecular flexibility index (Phi) is 4.14. The molecule has 1 aliphatic heterocycles. The molecule has 0 radical (unpaired) electrons. The van der Waals surface area contributed by atoms with Gasteiger partial charge in [0, 0.05) is 11.4 Å². The molecule has 1 N–H and O–H groups in total. The summed E-state index contributed by atoms with van der Waals surface area (Å²) in [6.45, 7) is 2.86. The molecule has 1 aromatic carbocycles. The second-order valence-corrected chi connectivity index (χ2v) is 9.39. The van der Waals surface area contributed by atoms with Crippen LogP contribution in [-0.2, 0) is 10.0 Å². The van der Waals surface area contributed by atoms with Crippen LogP contribution >= 0.6 is 22.7 Å². The molecular formula is C16H14N2O4S3. The molecule has 0 amide bonds. The van der Waals surface area contributed by atoms with E-state index in [9.17, 15) is 8.42 Å². The molecule has 0 atom stereocenters. The number of aromatic nitrogens is 1. The van der Waals surface area contributed by atoms with E-state index in [1.54, 1.807) is 30.3 Å². The lowest BCUT2D eigenvalue weighted by molar-refractivity contribution is 0.171. The van der Waals surface area contributed by atoms with Gasteiger partial charge in [-0.25, -0.2) is 13.4 Å². The number of ether oxygens (including phenoxy) is 2. The second-order valence-electron chi connectivity index (χ2n) is 5.33. The lowest BCUT2D eigenvalue weighted by Crippen LogP contribution is -2.16. The summed E-state index contributed by atoms with van der Waals surface area (Å²) in [5.41, 5.74) is 1.23. The van der Waals surface area contributed by atoms with Gasteiger partial charge in [0.05, 0.1) is 21.3 Å². The van der Waals surface area contributed by atoms with E-state index < -0.39 is 10.0 Å². The van der Waals surface area contributed by atoms with E-state index in [4.69, 9.17) is 9.47 Å². The van der Waals surface area contributed by atoms with Crippen LogP contribution in [-0.4, -0.2) is 26.6 Å². The largest absolute Gasteiger partial charge is 0.486 e. The van der Waals surface area contributed by atoms with Crippen LogP contribution in [0.25, 0.3) is 10.6 Å². The summed E-state index contributed by atoms with van der Waals surface area (Å²) in [6.07, 6.45) is 0. The Morgan fingerprint density at radius 1 is 1.12 bits per heavy atom. The van der Waals surface area contributed by atoms with E-state index in [1.807, 2.05) is 12.3 Å². The maximum atomic E-state index is 12.6. The molecule has 6 nitrogen and oxygen atoms in total. The molecule has 9 heteroatoms. The first-order chi connectivity index (χ1) is 12.0. The van der Waals surface area contributed by atoms with Gasteiger partial charge < -0.3 is 9.47 Å². The number of aryl methyl sites for hydroxylation is 1. The number of sulfonamides is 1. The molecule has 3 aromatic rings. The van der Waals surface area contributed by atoms with Crippen molar-refractivity contribution < 1.29 is 17.9 Å². The number of nitrogens with zero attached hydrogens (tertiary/aromatic N) is 1. The number of rotatable bonds is 4. The average Bonchev–Trinajstić information content (AvgIpc) is 3.23. The zero-order chi connectivity index (χ0) is 17.4. The topological polar surface area (TPSA) is 77.5 Å². The van der Waals surface area contributed by atoms with Gasteiger partial charge in [-0.15, -0.1) is 22.7 Å². The zero-order valence-electron chi connectivity index (χ0n) is 13.2. The Morgan fingerprint density at radius 2 is 1.92 bits per heavy atom. The van der Waals surface area contributed by atoms with Crippen LogP contribution in [0.1, 0.15) is 5.01 Å². The third-order valence-corrected chi connectivity index (χ3v) is 7.27. The van der Waals surface area contributed by atoms with Crippen LogP contribution in [0.15, 0.2) is 39.9 Å². The molecule has 0 unspecified atom stereocenters. The van der Waals surface area contributed by atoms with Gasteiger partial charge in [-0.3, -0.25) is 4.72 Å². The molecule has 0 fully saturated rings. The van der Waals surface area contributed by atoms with Crippen molar-refractivity contribution in [1.82, 2.24) is 4.98 Å². The summed E-state index contributed by atoms with van der Waals surface area (Å²) in [6, 6.07) is 8.35. The molecule has 4 rings (SSSR count). The molecular weight excluding hydrogens is 380 g/mol. The number of fused-ring (bicyclic) bond motifs is 1. The van der Waals surface area contributed by atoms with E-state index in [-0.39, 0.29) is 4.21 Å². The summed E-state index contributed by atoms with van der Waals surface area (Å²) in [4.78, 5) is 5.22. The predicted molar refractivity (Wildman–Crippen MR) is 98.4 cm³/mol. The molecule has 0 saturated carbocycles. The molecule has 0 bridgehead atoms. The highest BCUT2D eigenvalue weighted by atomic mass is 32.2. The Balaban J connectivity index is 1.59. The maximum absolute atomic E-state index is 12.6. The number of thiophene rings is 1. The zero-order valence-corrected chi connectivity index (χ0v) is 15.6. The van der Waals surface area contributed by atoms with Crippen LogP contribution < -0.4 is 14.2 Å². The average molecular weight is 394 g/mol. The number of nitrogens with one attached hydrogen (secondary N) is 1. The summed E-state index contributed by atoms with van der Waals surface area (Å²) in [5.74, 6) is 1.16. The van der Waals surface area contributed by atoms with Crippen LogP contribution in [0, 0.1) is 6.92 Å². The van der Waals surface area contributed by atoms with Crippen molar-refractivity contribution in [3.63, 3.8) is 0 Å². The van der Waals surface area contributed by atoms with E-state index in [2.05, 4.69) is 9.71 Å².